The number of nitrogens with zero attached hydrogens (tertiary/aromatic N) is 2. The Kier molecular flexibility index (Phi) is 3.18. The second kappa shape index (κ2) is 4.99. The van der Waals surface area contributed by atoms with Crippen molar-refractivity contribution in [3.63, 3.8) is 0 Å². The summed E-state index contributed by atoms with van der Waals surface area (Å²) in [6.07, 6.45) is 0.652. The minimum atomic E-state index is -0.518. The Hall–Kier alpha value is -1.92. The molecule has 0 bridgehead atoms. The van der Waals surface area contributed by atoms with Gasteiger partial charge in [0.2, 0.25) is 5.88 Å². The molecule has 19 heavy (non-hydrogen) atoms. The van der Waals surface area contributed by atoms with Crippen molar-refractivity contribution in [3.05, 3.63) is 24.5 Å². The highest BCUT2D eigenvalue weighted by Gasteiger charge is 2.27. The summed E-state index contributed by atoms with van der Waals surface area (Å²) in [6.45, 7) is 1.15. The summed E-state index contributed by atoms with van der Waals surface area (Å²) in [4.78, 5) is 8.34. The summed E-state index contributed by atoms with van der Waals surface area (Å²) >= 11 is 0. The molecule has 0 aliphatic carbocycles. The van der Waals surface area contributed by atoms with Gasteiger partial charge in [-0.15, -0.1) is 0 Å². The molecule has 2 heterocycles. The zero-order valence-corrected chi connectivity index (χ0v) is 10.5. The first-order valence-corrected chi connectivity index (χ1v) is 6.12. The first-order chi connectivity index (χ1) is 9.28. The quantitative estimate of drug-likeness (QED) is 0.830. The van der Waals surface area contributed by atoms with Gasteiger partial charge in [0, 0.05) is 13.1 Å². The summed E-state index contributed by atoms with van der Waals surface area (Å²) in [5.41, 5.74) is 0.784. The van der Waals surface area contributed by atoms with Crippen molar-refractivity contribution in [2.75, 3.05) is 20.2 Å². The number of aliphatic hydroxyl groups is 1. The van der Waals surface area contributed by atoms with E-state index >= 15 is 0 Å². The average molecular weight is 261 g/mol. The van der Waals surface area contributed by atoms with Crippen molar-refractivity contribution >= 4 is 10.9 Å². The van der Waals surface area contributed by atoms with E-state index in [1.165, 1.54) is 6.33 Å². The first-order valence-electron chi connectivity index (χ1n) is 6.12. The Morgan fingerprint density at radius 3 is 2.95 bits per heavy atom. The van der Waals surface area contributed by atoms with Gasteiger partial charge in [-0.2, -0.15) is 0 Å². The van der Waals surface area contributed by atoms with Crippen LogP contribution in [0.4, 0.5) is 0 Å². The fraction of sp³-hybridized carbons (Fsp3) is 0.385. The summed E-state index contributed by atoms with van der Waals surface area (Å²) in [5.74, 6) is 1.19. The number of nitrogens with one attached hydrogen (secondary N) is 1. The molecule has 3 rings (SSSR count). The van der Waals surface area contributed by atoms with Crippen LogP contribution in [0, 0.1) is 0 Å². The number of aromatic nitrogens is 2. The minimum Gasteiger partial charge on any atom is -0.497 e. The Morgan fingerprint density at radius 1 is 1.32 bits per heavy atom. The third-order valence-electron chi connectivity index (χ3n) is 3.20. The molecule has 1 aromatic heterocycles. The van der Waals surface area contributed by atoms with Crippen LogP contribution in [0.2, 0.25) is 0 Å². The molecule has 1 aromatic carbocycles. The van der Waals surface area contributed by atoms with Crippen LogP contribution in [0.15, 0.2) is 24.5 Å². The van der Waals surface area contributed by atoms with E-state index in [1.807, 2.05) is 18.2 Å². The molecule has 0 amide bonds. The number of hydrogen-bond donors (Lipinski definition) is 2. The molecule has 1 aliphatic rings. The normalized spacial score (nSPS) is 22.6. The third kappa shape index (κ3) is 2.32. The van der Waals surface area contributed by atoms with Crippen molar-refractivity contribution in [2.24, 2.45) is 0 Å². The van der Waals surface area contributed by atoms with E-state index < -0.39 is 6.10 Å². The van der Waals surface area contributed by atoms with Crippen molar-refractivity contribution < 1.29 is 14.6 Å². The Morgan fingerprint density at radius 2 is 2.21 bits per heavy atom. The van der Waals surface area contributed by atoms with Crippen LogP contribution < -0.4 is 14.8 Å². The van der Waals surface area contributed by atoms with E-state index in [1.54, 1.807) is 7.11 Å². The lowest BCUT2D eigenvalue weighted by atomic mass is 10.2. The van der Waals surface area contributed by atoms with Gasteiger partial charge in [-0.25, -0.2) is 9.97 Å². The maximum absolute atomic E-state index is 9.77. The van der Waals surface area contributed by atoms with Crippen LogP contribution in [0.25, 0.3) is 10.9 Å². The molecule has 0 saturated carbocycles. The molecular formula is C13H15N3O3. The molecule has 2 aromatic rings. The highest BCUT2D eigenvalue weighted by molar-refractivity contribution is 5.84. The highest BCUT2D eigenvalue weighted by Crippen LogP contribution is 2.27. The van der Waals surface area contributed by atoms with Crippen LogP contribution in [0.3, 0.4) is 0 Å². The van der Waals surface area contributed by atoms with Gasteiger partial charge >= 0.3 is 0 Å². The molecule has 2 N–H and O–H groups in total. The van der Waals surface area contributed by atoms with Crippen LogP contribution in [-0.2, 0) is 0 Å². The van der Waals surface area contributed by atoms with Gasteiger partial charge in [-0.1, -0.05) is 0 Å². The number of aliphatic hydroxyl groups excluding tert-OH is 1. The SMILES string of the molecule is COc1ccc2ncnc(O[C@H]3CNC[C@H]3O)c2c1. The summed E-state index contributed by atoms with van der Waals surface area (Å²) < 4.78 is 11.0. The highest BCUT2D eigenvalue weighted by atomic mass is 16.5. The monoisotopic (exact) mass is 261 g/mol. The lowest BCUT2D eigenvalue weighted by molar-refractivity contribution is 0.0717. The number of hydrogen-bond acceptors (Lipinski definition) is 6. The van der Waals surface area contributed by atoms with E-state index in [9.17, 15) is 5.11 Å². The molecule has 0 unspecified atom stereocenters. The maximum Gasteiger partial charge on any atom is 0.225 e. The van der Waals surface area contributed by atoms with Gasteiger partial charge in [0.15, 0.2) is 0 Å². The lowest BCUT2D eigenvalue weighted by Gasteiger charge is -2.16. The minimum absolute atomic E-state index is 0.288. The molecular weight excluding hydrogens is 246 g/mol. The van der Waals surface area contributed by atoms with Crippen LogP contribution >= 0.6 is 0 Å². The zero-order chi connectivity index (χ0) is 13.2. The zero-order valence-electron chi connectivity index (χ0n) is 10.5. The second-order valence-corrected chi connectivity index (χ2v) is 4.44. The van der Waals surface area contributed by atoms with E-state index in [0.717, 1.165) is 16.7 Å². The molecule has 0 radical (unpaired) electrons. The van der Waals surface area contributed by atoms with Gasteiger partial charge in [0.25, 0.3) is 0 Å². The smallest absolute Gasteiger partial charge is 0.225 e. The average Bonchev–Trinajstić information content (AvgIpc) is 2.84. The molecule has 2 atom stereocenters. The van der Waals surface area contributed by atoms with Gasteiger partial charge in [0.1, 0.15) is 24.3 Å². The predicted molar refractivity (Wildman–Crippen MR) is 69.4 cm³/mol. The Balaban J connectivity index is 1.97. The largest absolute Gasteiger partial charge is 0.497 e. The summed E-state index contributed by atoms with van der Waals surface area (Å²) in [5, 5.41) is 13.6. The lowest BCUT2D eigenvalue weighted by Crippen LogP contribution is -2.30. The summed E-state index contributed by atoms with van der Waals surface area (Å²) in [6, 6.07) is 5.52. The van der Waals surface area contributed by atoms with E-state index in [-0.39, 0.29) is 6.10 Å². The van der Waals surface area contributed by atoms with Crippen molar-refractivity contribution in [3.8, 4) is 11.6 Å². The maximum atomic E-state index is 9.77. The molecule has 6 heteroatoms. The molecule has 1 fully saturated rings. The fourth-order valence-corrected chi connectivity index (χ4v) is 2.14. The van der Waals surface area contributed by atoms with Gasteiger partial charge in [0.05, 0.1) is 18.0 Å². The first kappa shape index (κ1) is 12.1. The predicted octanol–water partition coefficient (Wildman–Crippen LogP) is 0.350. The second-order valence-electron chi connectivity index (χ2n) is 4.44. The van der Waals surface area contributed by atoms with Crippen molar-refractivity contribution in [1.29, 1.82) is 0 Å². The van der Waals surface area contributed by atoms with Gasteiger partial charge < -0.3 is 19.9 Å². The number of ether oxygens (including phenoxy) is 2. The number of rotatable bonds is 3. The number of fused-ring (bicyclic) bond motifs is 1. The van der Waals surface area contributed by atoms with Crippen molar-refractivity contribution in [1.82, 2.24) is 15.3 Å². The van der Waals surface area contributed by atoms with Crippen LogP contribution in [-0.4, -0.2) is 47.5 Å². The Labute approximate surface area is 110 Å². The molecule has 100 valence electrons. The number of methoxy groups -OCH3 is 1. The summed E-state index contributed by atoms with van der Waals surface area (Å²) in [7, 11) is 1.61. The van der Waals surface area contributed by atoms with Crippen molar-refractivity contribution in [2.45, 2.75) is 12.2 Å². The molecule has 1 saturated heterocycles. The van der Waals surface area contributed by atoms with Crippen LogP contribution in [0.5, 0.6) is 11.6 Å². The number of benzene rings is 1. The van der Waals surface area contributed by atoms with E-state index in [2.05, 4.69) is 15.3 Å². The molecule has 1 aliphatic heterocycles. The third-order valence-corrected chi connectivity index (χ3v) is 3.20. The standard InChI is InChI=1S/C13H15N3O3/c1-18-8-2-3-10-9(4-8)13(16-7-15-10)19-12-6-14-5-11(12)17/h2-4,7,11-12,14,17H,5-6H2,1H3/t11-,12+/m1/s1. The molecule has 0 spiro atoms. The van der Waals surface area contributed by atoms with E-state index in [0.29, 0.717) is 19.0 Å². The molecule has 6 nitrogen and oxygen atoms in total. The fourth-order valence-electron chi connectivity index (χ4n) is 2.14. The van der Waals surface area contributed by atoms with Crippen LogP contribution in [0.1, 0.15) is 0 Å². The number of β-amino-alcohol motifs (C(OH)–C–C–N with tert-alkyl or cyclic N) is 1. The van der Waals surface area contributed by atoms with E-state index in [4.69, 9.17) is 9.47 Å². The van der Waals surface area contributed by atoms with Gasteiger partial charge in [-0.05, 0) is 18.2 Å². The Bertz CT molecular complexity index is 590. The van der Waals surface area contributed by atoms with Gasteiger partial charge in [-0.3, -0.25) is 0 Å². The topological polar surface area (TPSA) is 76.5 Å².